The Bertz CT molecular complexity index is 1110. The van der Waals surface area contributed by atoms with Crippen LogP contribution in [0.2, 0.25) is 0 Å². The van der Waals surface area contributed by atoms with E-state index in [1.54, 1.807) is 0 Å². The third-order valence-corrected chi connectivity index (χ3v) is 6.61. The van der Waals surface area contributed by atoms with Crippen molar-refractivity contribution in [3.8, 4) is 0 Å². The SMILES string of the molecule is CC(=O)Nc1nc2ccc(CCC(=O)N3CCN(c4cccc(C)c4)[C@@H](C)C3)cc2s1. The fourth-order valence-corrected chi connectivity index (χ4v) is 5.09. The Hall–Kier alpha value is -2.93. The van der Waals surface area contributed by atoms with Crippen molar-refractivity contribution < 1.29 is 9.59 Å². The van der Waals surface area contributed by atoms with E-state index in [-0.39, 0.29) is 11.8 Å². The Balaban J connectivity index is 1.34. The van der Waals surface area contributed by atoms with Gasteiger partial charge in [-0.1, -0.05) is 29.5 Å². The lowest BCUT2D eigenvalue weighted by molar-refractivity contribution is -0.131. The first-order valence-corrected chi connectivity index (χ1v) is 11.5. The molecule has 2 aromatic carbocycles. The number of rotatable bonds is 5. The van der Waals surface area contributed by atoms with Crippen LogP contribution >= 0.6 is 11.3 Å². The summed E-state index contributed by atoms with van der Waals surface area (Å²) in [5.74, 6) is 0.0840. The van der Waals surface area contributed by atoms with E-state index in [0.29, 0.717) is 24.0 Å². The van der Waals surface area contributed by atoms with Gasteiger partial charge in [-0.2, -0.15) is 0 Å². The molecule has 0 unspecified atom stereocenters. The number of thiazole rings is 1. The Morgan fingerprint density at radius 1 is 1.19 bits per heavy atom. The van der Waals surface area contributed by atoms with Crippen LogP contribution in [0.4, 0.5) is 10.8 Å². The Kier molecular flexibility index (Phi) is 6.23. The van der Waals surface area contributed by atoms with Crippen molar-refractivity contribution in [3.63, 3.8) is 0 Å². The molecule has 2 heterocycles. The van der Waals surface area contributed by atoms with Crippen molar-refractivity contribution in [2.45, 2.75) is 39.7 Å². The van der Waals surface area contributed by atoms with Gasteiger partial charge in [0.2, 0.25) is 11.8 Å². The zero-order valence-electron chi connectivity index (χ0n) is 18.2. The van der Waals surface area contributed by atoms with Gasteiger partial charge in [0, 0.05) is 44.7 Å². The summed E-state index contributed by atoms with van der Waals surface area (Å²) in [5.41, 5.74) is 4.47. The van der Waals surface area contributed by atoms with E-state index in [0.717, 1.165) is 35.4 Å². The molecular formula is C24H28N4O2S. The van der Waals surface area contributed by atoms with Gasteiger partial charge in [-0.3, -0.25) is 9.59 Å². The van der Waals surface area contributed by atoms with Crippen LogP contribution < -0.4 is 10.2 Å². The van der Waals surface area contributed by atoms with Crippen molar-refractivity contribution in [2.75, 3.05) is 29.9 Å². The summed E-state index contributed by atoms with van der Waals surface area (Å²) in [7, 11) is 0. The number of hydrogen-bond acceptors (Lipinski definition) is 5. The Labute approximate surface area is 186 Å². The maximum atomic E-state index is 12.9. The lowest BCUT2D eigenvalue weighted by Gasteiger charge is -2.41. The number of amides is 2. The topological polar surface area (TPSA) is 65.5 Å². The summed E-state index contributed by atoms with van der Waals surface area (Å²) < 4.78 is 1.02. The molecule has 1 saturated heterocycles. The molecule has 7 heteroatoms. The van der Waals surface area contributed by atoms with Crippen LogP contribution in [0.15, 0.2) is 42.5 Å². The van der Waals surface area contributed by atoms with Gasteiger partial charge in [-0.15, -0.1) is 0 Å². The molecule has 1 aliphatic heterocycles. The fourth-order valence-electron chi connectivity index (χ4n) is 4.11. The summed E-state index contributed by atoms with van der Waals surface area (Å²) >= 11 is 1.46. The van der Waals surface area contributed by atoms with Gasteiger partial charge in [0.15, 0.2) is 5.13 Å². The summed E-state index contributed by atoms with van der Waals surface area (Å²) in [6.07, 6.45) is 1.20. The standard InChI is InChI=1S/C24H28N4O2S/c1-16-5-4-6-20(13-16)28-12-11-27(15-17(28)2)23(30)10-8-19-7-9-21-22(14-19)31-24(26-21)25-18(3)29/h4-7,9,13-14,17H,8,10-12,15H2,1-3H3,(H,25,26,29)/t17-/m0/s1. The van der Waals surface area contributed by atoms with Crippen LogP contribution in [0, 0.1) is 6.92 Å². The molecule has 0 aliphatic carbocycles. The highest BCUT2D eigenvalue weighted by atomic mass is 32.1. The molecular weight excluding hydrogens is 408 g/mol. The van der Waals surface area contributed by atoms with E-state index in [9.17, 15) is 9.59 Å². The number of hydrogen-bond donors (Lipinski definition) is 1. The molecule has 31 heavy (non-hydrogen) atoms. The smallest absolute Gasteiger partial charge is 0.223 e. The average Bonchev–Trinajstić information content (AvgIpc) is 3.12. The van der Waals surface area contributed by atoms with E-state index in [1.165, 1.54) is 29.5 Å². The fraction of sp³-hybridized carbons (Fsp3) is 0.375. The van der Waals surface area contributed by atoms with Gasteiger partial charge >= 0.3 is 0 Å². The van der Waals surface area contributed by atoms with Crippen molar-refractivity contribution in [1.29, 1.82) is 0 Å². The molecule has 1 fully saturated rings. The number of nitrogens with zero attached hydrogens (tertiary/aromatic N) is 3. The first-order valence-electron chi connectivity index (χ1n) is 10.7. The number of carbonyl (C=O) groups excluding carboxylic acids is 2. The molecule has 1 N–H and O–H groups in total. The summed E-state index contributed by atoms with van der Waals surface area (Å²) in [6.45, 7) is 8.13. The quantitative estimate of drug-likeness (QED) is 0.650. The van der Waals surface area contributed by atoms with Crippen LogP contribution in [0.25, 0.3) is 10.2 Å². The van der Waals surface area contributed by atoms with E-state index in [4.69, 9.17) is 0 Å². The van der Waals surface area contributed by atoms with Gasteiger partial charge in [-0.05, 0) is 55.7 Å². The lowest BCUT2D eigenvalue weighted by atomic mass is 10.1. The minimum Gasteiger partial charge on any atom is -0.365 e. The third-order valence-electron chi connectivity index (χ3n) is 5.68. The van der Waals surface area contributed by atoms with Crippen LogP contribution in [0.5, 0.6) is 0 Å². The predicted molar refractivity (Wildman–Crippen MR) is 127 cm³/mol. The second kappa shape index (κ2) is 9.06. The molecule has 3 aromatic rings. The molecule has 2 amide bonds. The minimum atomic E-state index is -0.124. The highest BCUT2D eigenvalue weighted by Gasteiger charge is 2.26. The Morgan fingerprint density at radius 3 is 2.77 bits per heavy atom. The van der Waals surface area contributed by atoms with Crippen molar-refractivity contribution in [3.05, 3.63) is 53.6 Å². The minimum absolute atomic E-state index is 0.124. The van der Waals surface area contributed by atoms with Gasteiger partial charge < -0.3 is 15.1 Å². The van der Waals surface area contributed by atoms with Crippen LogP contribution in [-0.4, -0.2) is 47.4 Å². The number of aromatic nitrogens is 1. The van der Waals surface area contributed by atoms with Crippen LogP contribution in [0.3, 0.4) is 0 Å². The predicted octanol–water partition coefficient (Wildman–Crippen LogP) is 4.23. The number of piperazine rings is 1. The maximum absolute atomic E-state index is 12.9. The maximum Gasteiger partial charge on any atom is 0.223 e. The van der Waals surface area contributed by atoms with Crippen LogP contribution in [0.1, 0.15) is 31.4 Å². The molecule has 1 atom stereocenters. The van der Waals surface area contributed by atoms with E-state index >= 15 is 0 Å². The lowest BCUT2D eigenvalue weighted by Crippen LogP contribution is -2.53. The monoisotopic (exact) mass is 436 g/mol. The second-order valence-electron chi connectivity index (χ2n) is 8.22. The third kappa shape index (κ3) is 5.05. The molecule has 1 aromatic heterocycles. The summed E-state index contributed by atoms with van der Waals surface area (Å²) in [4.78, 5) is 32.9. The van der Waals surface area contributed by atoms with Gasteiger partial charge in [0.1, 0.15) is 0 Å². The molecule has 0 spiro atoms. The number of aryl methyl sites for hydroxylation is 2. The molecule has 6 nitrogen and oxygen atoms in total. The largest absolute Gasteiger partial charge is 0.365 e. The number of nitrogens with one attached hydrogen (secondary N) is 1. The highest BCUT2D eigenvalue weighted by molar-refractivity contribution is 7.22. The van der Waals surface area contributed by atoms with E-state index in [1.807, 2.05) is 17.0 Å². The molecule has 0 radical (unpaired) electrons. The number of benzene rings is 2. The molecule has 162 valence electrons. The second-order valence-corrected chi connectivity index (χ2v) is 9.25. The summed E-state index contributed by atoms with van der Waals surface area (Å²) in [6, 6.07) is 14.9. The van der Waals surface area contributed by atoms with Crippen molar-refractivity contribution in [2.24, 2.45) is 0 Å². The number of carbonyl (C=O) groups is 2. The van der Waals surface area contributed by atoms with Crippen LogP contribution in [-0.2, 0) is 16.0 Å². The zero-order chi connectivity index (χ0) is 22.0. The first kappa shape index (κ1) is 21.3. The first-order chi connectivity index (χ1) is 14.9. The van der Waals surface area contributed by atoms with Crippen molar-refractivity contribution in [1.82, 2.24) is 9.88 Å². The molecule has 1 aliphatic rings. The molecule has 4 rings (SSSR count). The molecule has 0 saturated carbocycles. The van der Waals surface area contributed by atoms with Crippen molar-refractivity contribution >= 4 is 44.2 Å². The van der Waals surface area contributed by atoms with E-state index in [2.05, 4.69) is 59.4 Å². The Morgan fingerprint density at radius 2 is 2.03 bits per heavy atom. The van der Waals surface area contributed by atoms with E-state index < -0.39 is 0 Å². The van der Waals surface area contributed by atoms with Gasteiger partial charge in [-0.25, -0.2) is 4.98 Å². The number of fused-ring (bicyclic) bond motifs is 1. The average molecular weight is 437 g/mol. The van der Waals surface area contributed by atoms with Gasteiger partial charge in [0.25, 0.3) is 0 Å². The highest BCUT2D eigenvalue weighted by Crippen LogP contribution is 2.27. The normalized spacial score (nSPS) is 16.5. The zero-order valence-corrected chi connectivity index (χ0v) is 19.0. The molecule has 0 bridgehead atoms. The van der Waals surface area contributed by atoms with Gasteiger partial charge in [0.05, 0.1) is 10.2 Å². The number of anilines is 2. The summed E-state index contributed by atoms with van der Waals surface area (Å²) in [5, 5.41) is 3.34.